The zero-order valence-electron chi connectivity index (χ0n) is 14.3. The number of anilines is 1. The molecule has 3 aromatic rings. The second kappa shape index (κ2) is 7.97. The smallest absolute Gasteiger partial charge is 0.275 e. The number of aromatic nitrogens is 1. The fourth-order valence-corrected chi connectivity index (χ4v) is 3.11. The van der Waals surface area contributed by atoms with Gasteiger partial charge in [0.05, 0.1) is 13.7 Å². The summed E-state index contributed by atoms with van der Waals surface area (Å²) in [5.74, 6) is 0.557. The number of carbonyl (C=O) groups excluding carboxylic acids is 1. The molecule has 0 aliphatic heterocycles. The van der Waals surface area contributed by atoms with E-state index in [2.05, 4.69) is 10.3 Å². The minimum absolute atomic E-state index is 0.294. The van der Waals surface area contributed by atoms with Gasteiger partial charge in [0.15, 0.2) is 11.5 Å². The summed E-state index contributed by atoms with van der Waals surface area (Å²) in [6, 6.07) is 11.1. The summed E-state index contributed by atoms with van der Waals surface area (Å²) in [5.41, 5.74) is 1.63. The van der Waals surface area contributed by atoms with Crippen molar-refractivity contribution in [2.45, 2.75) is 6.92 Å². The van der Waals surface area contributed by atoms with Crippen molar-refractivity contribution < 1.29 is 18.7 Å². The molecule has 0 fully saturated rings. The maximum Gasteiger partial charge on any atom is 0.275 e. The fraction of sp³-hybridized carbons (Fsp3) is 0.158. The third-order valence-corrected chi connectivity index (χ3v) is 4.44. The maximum absolute atomic E-state index is 12.9. The van der Waals surface area contributed by atoms with Crippen LogP contribution in [0.4, 0.5) is 10.1 Å². The maximum atomic E-state index is 12.9. The molecule has 134 valence electrons. The van der Waals surface area contributed by atoms with E-state index in [1.54, 1.807) is 12.5 Å². The topological polar surface area (TPSA) is 60.5 Å². The quantitative estimate of drug-likeness (QED) is 0.686. The molecule has 2 aromatic carbocycles. The summed E-state index contributed by atoms with van der Waals surface area (Å²) in [6.07, 6.45) is 0. The molecule has 0 bridgehead atoms. The Labute approximate surface area is 154 Å². The number of methoxy groups -OCH3 is 1. The van der Waals surface area contributed by atoms with Gasteiger partial charge in [-0.05, 0) is 49.4 Å². The molecule has 5 nitrogen and oxygen atoms in total. The SMILES string of the molecule is CCOc1ccc(-c2nc(C(=O)Nc3ccc(F)cc3)cs2)cc1OC. The fourth-order valence-electron chi connectivity index (χ4n) is 2.31. The van der Waals surface area contributed by atoms with E-state index in [1.807, 2.05) is 25.1 Å². The van der Waals surface area contributed by atoms with Crippen LogP contribution in [0.5, 0.6) is 11.5 Å². The lowest BCUT2D eigenvalue weighted by Crippen LogP contribution is -2.12. The molecule has 7 heteroatoms. The molecule has 3 rings (SSSR count). The number of carbonyl (C=O) groups is 1. The van der Waals surface area contributed by atoms with Gasteiger partial charge >= 0.3 is 0 Å². The Hall–Kier alpha value is -2.93. The van der Waals surface area contributed by atoms with Crippen molar-refractivity contribution in [3.8, 4) is 22.1 Å². The molecule has 0 unspecified atom stereocenters. The average Bonchev–Trinajstić information content (AvgIpc) is 3.14. The molecule has 0 atom stereocenters. The lowest BCUT2D eigenvalue weighted by molar-refractivity contribution is 0.102. The molecule has 0 saturated carbocycles. The van der Waals surface area contributed by atoms with Crippen LogP contribution in [0, 0.1) is 5.82 Å². The van der Waals surface area contributed by atoms with E-state index in [0.29, 0.717) is 34.5 Å². The number of rotatable bonds is 6. The van der Waals surface area contributed by atoms with E-state index in [-0.39, 0.29) is 11.7 Å². The van der Waals surface area contributed by atoms with E-state index in [1.165, 1.54) is 35.6 Å². The van der Waals surface area contributed by atoms with Crippen LogP contribution < -0.4 is 14.8 Å². The first-order valence-electron chi connectivity index (χ1n) is 7.94. The zero-order chi connectivity index (χ0) is 18.5. The minimum Gasteiger partial charge on any atom is -0.493 e. The molecule has 0 radical (unpaired) electrons. The van der Waals surface area contributed by atoms with Crippen LogP contribution in [0.2, 0.25) is 0 Å². The van der Waals surface area contributed by atoms with E-state index in [4.69, 9.17) is 9.47 Å². The number of hydrogen-bond acceptors (Lipinski definition) is 5. The van der Waals surface area contributed by atoms with Gasteiger partial charge in [-0.3, -0.25) is 4.79 Å². The number of thiazole rings is 1. The first-order valence-corrected chi connectivity index (χ1v) is 8.82. The lowest BCUT2D eigenvalue weighted by atomic mass is 10.2. The Balaban J connectivity index is 1.78. The van der Waals surface area contributed by atoms with Crippen molar-refractivity contribution in [1.29, 1.82) is 0 Å². The van der Waals surface area contributed by atoms with Gasteiger partial charge in [-0.25, -0.2) is 9.37 Å². The van der Waals surface area contributed by atoms with Crippen LogP contribution in [0.25, 0.3) is 10.6 Å². The van der Waals surface area contributed by atoms with Crippen LogP contribution in [-0.2, 0) is 0 Å². The van der Waals surface area contributed by atoms with Crippen molar-refractivity contribution in [2.24, 2.45) is 0 Å². The number of nitrogens with zero attached hydrogens (tertiary/aromatic N) is 1. The summed E-state index contributed by atoms with van der Waals surface area (Å²) in [5, 5.41) is 5.06. The van der Waals surface area contributed by atoms with Crippen molar-refractivity contribution in [2.75, 3.05) is 19.0 Å². The third-order valence-electron chi connectivity index (χ3n) is 3.55. The molecule has 0 saturated heterocycles. The van der Waals surface area contributed by atoms with Crippen molar-refractivity contribution in [1.82, 2.24) is 4.98 Å². The van der Waals surface area contributed by atoms with Crippen molar-refractivity contribution in [3.63, 3.8) is 0 Å². The molecule has 1 amide bonds. The van der Waals surface area contributed by atoms with Gasteiger partial charge < -0.3 is 14.8 Å². The number of benzene rings is 2. The summed E-state index contributed by atoms with van der Waals surface area (Å²) < 4.78 is 23.8. The van der Waals surface area contributed by atoms with E-state index < -0.39 is 0 Å². The van der Waals surface area contributed by atoms with Crippen LogP contribution in [0.3, 0.4) is 0 Å². The molecule has 26 heavy (non-hydrogen) atoms. The lowest BCUT2D eigenvalue weighted by Gasteiger charge is -2.09. The summed E-state index contributed by atoms with van der Waals surface area (Å²) in [7, 11) is 1.57. The van der Waals surface area contributed by atoms with Crippen LogP contribution in [-0.4, -0.2) is 24.6 Å². The van der Waals surface area contributed by atoms with Gasteiger partial charge in [-0.15, -0.1) is 11.3 Å². The highest BCUT2D eigenvalue weighted by molar-refractivity contribution is 7.13. The van der Waals surface area contributed by atoms with Crippen LogP contribution in [0.1, 0.15) is 17.4 Å². The third kappa shape index (κ3) is 4.00. The number of hydrogen-bond donors (Lipinski definition) is 1. The average molecular weight is 372 g/mol. The highest BCUT2D eigenvalue weighted by atomic mass is 32.1. The number of nitrogens with one attached hydrogen (secondary N) is 1. The normalized spacial score (nSPS) is 10.4. The van der Waals surface area contributed by atoms with Crippen molar-refractivity contribution in [3.05, 3.63) is 59.4 Å². The Morgan fingerprint density at radius 3 is 2.65 bits per heavy atom. The van der Waals surface area contributed by atoms with Gasteiger partial charge in [-0.2, -0.15) is 0 Å². The number of halogens is 1. The summed E-state index contributed by atoms with van der Waals surface area (Å²) in [6.45, 7) is 2.45. The predicted octanol–water partition coefficient (Wildman–Crippen LogP) is 4.61. The molecule has 0 aliphatic carbocycles. The minimum atomic E-state index is -0.358. The Kier molecular flexibility index (Phi) is 5.48. The van der Waals surface area contributed by atoms with Crippen molar-refractivity contribution >= 4 is 22.9 Å². The number of ether oxygens (including phenoxy) is 2. The standard InChI is InChI=1S/C19H17FN2O3S/c1-3-25-16-9-4-12(10-17(16)24-2)19-22-15(11-26-19)18(23)21-14-7-5-13(20)6-8-14/h4-11H,3H2,1-2H3,(H,21,23). The van der Waals surface area contributed by atoms with Gasteiger partial charge in [0.1, 0.15) is 16.5 Å². The monoisotopic (exact) mass is 372 g/mol. The molecule has 1 heterocycles. The molecular formula is C19H17FN2O3S. The number of amides is 1. The molecule has 0 spiro atoms. The Morgan fingerprint density at radius 1 is 1.19 bits per heavy atom. The highest BCUT2D eigenvalue weighted by Crippen LogP contribution is 2.33. The first kappa shape index (κ1) is 17.9. The molecular weight excluding hydrogens is 355 g/mol. The van der Waals surface area contributed by atoms with Gasteiger partial charge in [0.2, 0.25) is 0 Å². The second-order valence-corrected chi connectivity index (χ2v) is 6.16. The zero-order valence-corrected chi connectivity index (χ0v) is 15.1. The van der Waals surface area contributed by atoms with Gasteiger partial charge in [0, 0.05) is 16.6 Å². The largest absolute Gasteiger partial charge is 0.493 e. The van der Waals surface area contributed by atoms with Crippen LogP contribution >= 0.6 is 11.3 Å². The summed E-state index contributed by atoms with van der Waals surface area (Å²) >= 11 is 1.35. The molecule has 1 N–H and O–H groups in total. The van der Waals surface area contributed by atoms with Gasteiger partial charge in [0.25, 0.3) is 5.91 Å². The van der Waals surface area contributed by atoms with Crippen LogP contribution in [0.15, 0.2) is 47.8 Å². The van der Waals surface area contributed by atoms with E-state index in [9.17, 15) is 9.18 Å². The molecule has 0 aliphatic rings. The van der Waals surface area contributed by atoms with Gasteiger partial charge in [-0.1, -0.05) is 0 Å². The molecule has 1 aromatic heterocycles. The second-order valence-electron chi connectivity index (χ2n) is 5.30. The highest BCUT2D eigenvalue weighted by Gasteiger charge is 2.14. The van der Waals surface area contributed by atoms with E-state index in [0.717, 1.165) is 5.56 Å². The summed E-state index contributed by atoms with van der Waals surface area (Å²) in [4.78, 5) is 16.7. The predicted molar refractivity (Wildman–Crippen MR) is 99.6 cm³/mol. The van der Waals surface area contributed by atoms with E-state index >= 15 is 0 Å². The Bertz CT molecular complexity index is 909. The Morgan fingerprint density at radius 2 is 1.96 bits per heavy atom. The first-order chi connectivity index (χ1) is 12.6.